The second kappa shape index (κ2) is 8.23. The van der Waals surface area contributed by atoms with Crippen molar-refractivity contribution in [2.24, 2.45) is 0 Å². The average molecular weight is 340 g/mol. The van der Waals surface area contributed by atoms with Gasteiger partial charge >= 0.3 is 6.09 Å². The molecule has 1 aromatic heterocycles. The molecule has 3 rings (SSSR count). The van der Waals surface area contributed by atoms with Crippen LogP contribution in [0.1, 0.15) is 28.9 Å². The Kier molecular flexibility index (Phi) is 5.56. The first-order valence-electron chi connectivity index (χ1n) is 8.25. The molecule has 1 aliphatic rings. The zero-order chi connectivity index (χ0) is 17.5. The molecular weight excluding hydrogens is 320 g/mol. The molecule has 1 fully saturated rings. The quantitative estimate of drug-likeness (QED) is 0.920. The maximum Gasteiger partial charge on any atom is 0.407 e. The SMILES string of the molecule is O=C(NC1CCN(C(=O)c2cnccn2)CC1)OCc1ccccc1. The molecule has 1 aromatic carbocycles. The first-order chi connectivity index (χ1) is 12.2. The Hall–Kier alpha value is -2.96. The van der Waals surface area contributed by atoms with Crippen molar-refractivity contribution in [2.75, 3.05) is 13.1 Å². The lowest BCUT2D eigenvalue weighted by Gasteiger charge is -2.31. The molecule has 0 saturated carbocycles. The first-order valence-corrected chi connectivity index (χ1v) is 8.25. The number of amides is 2. The van der Waals surface area contributed by atoms with Gasteiger partial charge in [0, 0.05) is 31.5 Å². The topological polar surface area (TPSA) is 84.4 Å². The Balaban J connectivity index is 1.41. The fourth-order valence-electron chi connectivity index (χ4n) is 2.73. The molecule has 2 aromatic rings. The summed E-state index contributed by atoms with van der Waals surface area (Å²) in [6.45, 7) is 1.38. The number of nitrogens with one attached hydrogen (secondary N) is 1. The predicted molar refractivity (Wildman–Crippen MR) is 90.7 cm³/mol. The van der Waals surface area contributed by atoms with E-state index in [0.717, 1.165) is 5.56 Å². The van der Waals surface area contributed by atoms with Gasteiger partial charge in [-0.05, 0) is 18.4 Å². The van der Waals surface area contributed by atoms with Gasteiger partial charge in [0.15, 0.2) is 0 Å². The Labute approximate surface area is 146 Å². The third kappa shape index (κ3) is 4.76. The average Bonchev–Trinajstić information content (AvgIpc) is 2.68. The van der Waals surface area contributed by atoms with E-state index in [2.05, 4.69) is 15.3 Å². The number of carbonyl (C=O) groups is 2. The van der Waals surface area contributed by atoms with E-state index in [1.54, 1.807) is 4.90 Å². The van der Waals surface area contributed by atoms with Gasteiger partial charge in [-0.1, -0.05) is 30.3 Å². The number of rotatable bonds is 4. The number of piperidine rings is 1. The highest BCUT2D eigenvalue weighted by molar-refractivity contribution is 5.92. The van der Waals surface area contributed by atoms with E-state index >= 15 is 0 Å². The number of aromatic nitrogens is 2. The molecule has 130 valence electrons. The molecule has 1 saturated heterocycles. The van der Waals surface area contributed by atoms with Crippen molar-refractivity contribution in [3.05, 3.63) is 60.2 Å². The van der Waals surface area contributed by atoms with Crippen LogP contribution in [-0.2, 0) is 11.3 Å². The molecule has 2 amide bonds. The smallest absolute Gasteiger partial charge is 0.407 e. The lowest BCUT2D eigenvalue weighted by Crippen LogP contribution is -2.46. The molecule has 0 atom stereocenters. The predicted octanol–water partition coefficient (Wildman–Crippen LogP) is 2.01. The zero-order valence-corrected chi connectivity index (χ0v) is 13.8. The third-order valence-corrected chi connectivity index (χ3v) is 4.10. The van der Waals surface area contributed by atoms with Gasteiger partial charge in [0.2, 0.25) is 0 Å². The molecular formula is C18H20N4O3. The zero-order valence-electron chi connectivity index (χ0n) is 13.8. The number of likely N-dealkylation sites (tertiary alicyclic amines) is 1. The summed E-state index contributed by atoms with van der Waals surface area (Å²) in [7, 11) is 0. The van der Waals surface area contributed by atoms with Crippen LogP contribution in [-0.4, -0.2) is 46.0 Å². The normalized spacial score (nSPS) is 14.8. The van der Waals surface area contributed by atoms with Crippen LogP contribution in [0.15, 0.2) is 48.9 Å². The van der Waals surface area contributed by atoms with E-state index in [1.807, 2.05) is 30.3 Å². The largest absolute Gasteiger partial charge is 0.445 e. The highest BCUT2D eigenvalue weighted by atomic mass is 16.5. The molecule has 7 heteroatoms. The minimum Gasteiger partial charge on any atom is -0.445 e. The molecule has 7 nitrogen and oxygen atoms in total. The van der Waals surface area contributed by atoms with Crippen LogP contribution in [0.4, 0.5) is 4.79 Å². The first kappa shape index (κ1) is 16.9. The Bertz CT molecular complexity index is 701. The van der Waals surface area contributed by atoms with Gasteiger partial charge in [-0.15, -0.1) is 0 Å². The van der Waals surface area contributed by atoms with Gasteiger partial charge in [-0.3, -0.25) is 9.78 Å². The van der Waals surface area contributed by atoms with Crippen molar-refractivity contribution >= 4 is 12.0 Å². The number of hydrogen-bond donors (Lipinski definition) is 1. The Morgan fingerprint density at radius 1 is 1.16 bits per heavy atom. The summed E-state index contributed by atoms with van der Waals surface area (Å²) in [5.41, 5.74) is 1.29. The number of nitrogens with zero attached hydrogens (tertiary/aromatic N) is 3. The van der Waals surface area contributed by atoms with Crippen LogP contribution < -0.4 is 5.32 Å². The Morgan fingerprint density at radius 3 is 2.60 bits per heavy atom. The summed E-state index contributed by atoms with van der Waals surface area (Å²) in [4.78, 5) is 33.9. The van der Waals surface area contributed by atoms with Gasteiger partial charge in [-0.2, -0.15) is 0 Å². The van der Waals surface area contributed by atoms with Crippen molar-refractivity contribution in [2.45, 2.75) is 25.5 Å². The molecule has 1 aliphatic heterocycles. The highest BCUT2D eigenvalue weighted by Gasteiger charge is 2.25. The maximum absolute atomic E-state index is 12.3. The molecule has 2 heterocycles. The Morgan fingerprint density at radius 2 is 1.92 bits per heavy atom. The monoisotopic (exact) mass is 340 g/mol. The summed E-state index contributed by atoms with van der Waals surface area (Å²) in [5.74, 6) is -0.127. The second-order valence-corrected chi connectivity index (χ2v) is 5.86. The summed E-state index contributed by atoms with van der Waals surface area (Å²) >= 11 is 0. The number of ether oxygens (including phenoxy) is 1. The number of hydrogen-bond acceptors (Lipinski definition) is 5. The van der Waals surface area contributed by atoms with Crippen LogP contribution in [0, 0.1) is 0 Å². The standard InChI is InChI=1S/C18H20N4O3/c23-17(16-12-19-8-9-20-16)22-10-6-15(7-11-22)21-18(24)25-13-14-4-2-1-3-5-14/h1-5,8-9,12,15H,6-7,10-11,13H2,(H,21,24). The molecule has 0 aliphatic carbocycles. The minimum absolute atomic E-state index is 0.00850. The van der Waals surface area contributed by atoms with Gasteiger partial charge in [-0.25, -0.2) is 9.78 Å². The fourth-order valence-corrected chi connectivity index (χ4v) is 2.73. The van der Waals surface area contributed by atoms with Crippen LogP contribution in [0.2, 0.25) is 0 Å². The summed E-state index contributed by atoms with van der Waals surface area (Å²) < 4.78 is 5.23. The molecule has 0 unspecified atom stereocenters. The third-order valence-electron chi connectivity index (χ3n) is 4.10. The van der Waals surface area contributed by atoms with Crippen molar-refractivity contribution in [3.63, 3.8) is 0 Å². The van der Waals surface area contributed by atoms with Crippen LogP contribution in [0.3, 0.4) is 0 Å². The summed E-state index contributed by atoms with van der Waals surface area (Å²) in [5, 5.41) is 2.86. The van der Waals surface area contributed by atoms with E-state index in [1.165, 1.54) is 18.6 Å². The van der Waals surface area contributed by atoms with Crippen LogP contribution >= 0.6 is 0 Å². The van der Waals surface area contributed by atoms with Crippen molar-refractivity contribution < 1.29 is 14.3 Å². The van der Waals surface area contributed by atoms with E-state index in [4.69, 9.17) is 4.74 Å². The fraction of sp³-hybridized carbons (Fsp3) is 0.333. The minimum atomic E-state index is -0.428. The lowest BCUT2D eigenvalue weighted by molar-refractivity contribution is 0.0694. The molecule has 1 N–H and O–H groups in total. The van der Waals surface area contributed by atoms with Crippen LogP contribution in [0.5, 0.6) is 0 Å². The van der Waals surface area contributed by atoms with Crippen molar-refractivity contribution in [1.29, 1.82) is 0 Å². The summed E-state index contributed by atoms with van der Waals surface area (Å²) in [6.07, 6.45) is 5.45. The maximum atomic E-state index is 12.3. The van der Waals surface area contributed by atoms with Gasteiger partial charge in [0.25, 0.3) is 5.91 Å². The van der Waals surface area contributed by atoms with Crippen molar-refractivity contribution in [1.82, 2.24) is 20.2 Å². The van der Waals surface area contributed by atoms with E-state index in [-0.39, 0.29) is 18.6 Å². The molecule has 0 spiro atoms. The lowest BCUT2D eigenvalue weighted by atomic mass is 10.1. The van der Waals surface area contributed by atoms with E-state index < -0.39 is 6.09 Å². The van der Waals surface area contributed by atoms with Crippen molar-refractivity contribution in [3.8, 4) is 0 Å². The molecule has 0 radical (unpaired) electrons. The number of carbonyl (C=O) groups excluding carboxylic acids is 2. The van der Waals surface area contributed by atoms with E-state index in [0.29, 0.717) is 31.6 Å². The molecule has 0 bridgehead atoms. The van der Waals surface area contributed by atoms with Gasteiger partial charge < -0.3 is 15.0 Å². The van der Waals surface area contributed by atoms with E-state index in [9.17, 15) is 9.59 Å². The second-order valence-electron chi connectivity index (χ2n) is 5.86. The summed E-state index contributed by atoms with van der Waals surface area (Å²) in [6, 6.07) is 9.54. The molecule has 25 heavy (non-hydrogen) atoms. The number of benzene rings is 1. The van der Waals surface area contributed by atoms with Gasteiger partial charge in [0.05, 0.1) is 6.20 Å². The van der Waals surface area contributed by atoms with Gasteiger partial charge in [0.1, 0.15) is 12.3 Å². The number of alkyl carbamates (subject to hydrolysis) is 1. The van der Waals surface area contributed by atoms with Crippen LogP contribution in [0.25, 0.3) is 0 Å². The highest BCUT2D eigenvalue weighted by Crippen LogP contribution is 2.13.